The summed E-state index contributed by atoms with van der Waals surface area (Å²) < 4.78 is 41.4. The zero-order valence-corrected chi connectivity index (χ0v) is 19.2. The van der Waals surface area contributed by atoms with Gasteiger partial charge in [-0.15, -0.1) is 0 Å². The number of piperidine rings is 1. The van der Waals surface area contributed by atoms with Crippen LogP contribution in [0.3, 0.4) is 0 Å². The van der Waals surface area contributed by atoms with Crippen LogP contribution < -0.4 is 5.32 Å². The maximum atomic E-state index is 13.8. The molecule has 4 aliphatic rings. The first-order valence-electron chi connectivity index (χ1n) is 11.9. The Morgan fingerprint density at radius 1 is 1.13 bits per heavy atom. The monoisotopic (exact) mass is 421 g/mol. The van der Waals surface area contributed by atoms with Gasteiger partial charge in [-0.1, -0.05) is 51.5 Å². The average Bonchev–Trinajstić information content (AvgIpc) is 2.63. The van der Waals surface area contributed by atoms with E-state index in [4.69, 9.17) is 0 Å². The molecule has 1 heterocycles. The van der Waals surface area contributed by atoms with Crippen molar-refractivity contribution >= 4 is 0 Å². The van der Waals surface area contributed by atoms with Gasteiger partial charge in [-0.3, -0.25) is 0 Å². The molecule has 0 amide bonds. The van der Waals surface area contributed by atoms with Crippen LogP contribution in [0.15, 0.2) is 34.9 Å². The highest BCUT2D eigenvalue weighted by Crippen LogP contribution is 2.56. The van der Waals surface area contributed by atoms with Crippen LogP contribution in [0.1, 0.15) is 66.7 Å². The molecule has 0 bridgehead atoms. The molecule has 0 aromatic carbocycles. The van der Waals surface area contributed by atoms with Gasteiger partial charge in [-0.2, -0.15) is 13.2 Å². The number of alkyl halides is 3. The van der Waals surface area contributed by atoms with E-state index in [1.54, 1.807) is 0 Å². The van der Waals surface area contributed by atoms with E-state index in [1.807, 2.05) is 0 Å². The summed E-state index contributed by atoms with van der Waals surface area (Å²) in [6, 6.07) is 0.205. The van der Waals surface area contributed by atoms with Gasteiger partial charge in [0, 0.05) is 0 Å². The van der Waals surface area contributed by atoms with E-state index in [2.05, 4.69) is 58.2 Å². The Labute approximate surface area is 180 Å². The highest BCUT2D eigenvalue weighted by atomic mass is 19.4. The van der Waals surface area contributed by atoms with Crippen molar-refractivity contribution < 1.29 is 13.2 Å². The first-order chi connectivity index (χ1) is 14.0. The summed E-state index contributed by atoms with van der Waals surface area (Å²) in [4.78, 5) is 0. The Kier molecular flexibility index (Phi) is 5.79. The van der Waals surface area contributed by atoms with Gasteiger partial charge in [0.15, 0.2) is 0 Å². The fourth-order valence-electron chi connectivity index (χ4n) is 7.26. The molecule has 1 aliphatic heterocycles. The first kappa shape index (κ1) is 22.2. The molecule has 6 atom stereocenters. The summed E-state index contributed by atoms with van der Waals surface area (Å²) in [7, 11) is 0. The van der Waals surface area contributed by atoms with Gasteiger partial charge < -0.3 is 5.32 Å². The van der Waals surface area contributed by atoms with Crippen molar-refractivity contribution in [2.24, 2.45) is 40.9 Å². The van der Waals surface area contributed by atoms with Crippen LogP contribution in [-0.4, -0.2) is 18.8 Å². The first-order valence-corrected chi connectivity index (χ1v) is 11.9. The lowest BCUT2D eigenvalue weighted by Crippen LogP contribution is -2.51. The minimum atomic E-state index is -4.07. The van der Waals surface area contributed by atoms with Gasteiger partial charge in [0.1, 0.15) is 0 Å². The third kappa shape index (κ3) is 4.18. The van der Waals surface area contributed by atoms with Crippen molar-refractivity contribution in [1.29, 1.82) is 0 Å². The molecule has 4 heteroatoms. The molecular formula is C26H38F3N. The molecule has 168 valence electrons. The molecular weight excluding hydrogens is 383 g/mol. The molecule has 0 spiro atoms. The zero-order valence-electron chi connectivity index (χ0n) is 19.2. The molecule has 1 nitrogen and oxygen atoms in total. The summed E-state index contributed by atoms with van der Waals surface area (Å²) in [5.41, 5.74) is 4.24. The van der Waals surface area contributed by atoms with E-state index in [0.29, 0.717) is 30.6 Å². The third-order valence-corrected chi connectivity index (χ3v) is 8.30. The van der Waals surface area contributed by atoms with Gasteiger partial charge in [0.25, 0.3) is 0 Å². The minimum Gasteiger partial charge on any atom is -0.307 e. The predicted octanol–water partition coefficient (Wildman–Crippen LogP) is 7.07. The van der Waals surface area contributed by atoms with Crippen molar-refractivity contribution in [3.8, 4) is 0 Å². The quantitative estimate of drug-likeness (QED) is 0.470. The van der Waals surface area contributed by atoms with Crippen LogP contribution in [0.5, 0.6) is 0 Å². The second-order valence-electron chi connectivity index (χ2n) is 11.4. The molecule has 4 rings (SSSR count). The summed E-state index contributed by atoms with van der Waals surface area (Å²) in [5, 5.41) is 3.73. The topological polar surface area (TPSA) is 12.0 Å². The Morgan fingerprint density at radius 2 is 1.87 bits per heavy atom. The highest BCUT2D eigenvalue weighted by molar-refractivity contribution is 5.40. The number of hydrogen-bond donors (Lipinski definition) is 1. The van der Waals surface area contributed by atoms with Crippen molar-refractivity contribution in [1.82, 2.24) is 5.32 Å². The molecule has 0 aromatic heterocycles. The second-order valence-corrected chi connectivity index (χ2v) is 11.4. The summed E-state index contributed by atoms with van der Waals surface area (Å²) >= 11 is 0. The lowest BCUT2D eigenvalue weighted by atomic mass is 9.54. The standard InChI is InChI=1S/C26H38F3N/c1-15(2)22-11-18(26(27,28)29)12-23-19(22)6-7-21-20(23)8-9-30-24(21)17-10-16(3)13-25(4,5)14-17/h7,10,13,15,18-20,22-24,30H,6,8-9,11-12,14H2,1-5H3. The maximum absolute atomic E-state index is 13.8. The van der Waals surface area contributed by atoms with Crippen LogP contribution in [0, 0.1) is 40.9 Å². The molecule has 1 saturated heterocycles. The minimum absolute atomic E-state index is 0.134. The smallest absolute Gasteiger partial charge is 0.307 e. The highest BCUT2D eigenvalue weighted by Gasteiger charge is 2.53. The van der Waals surface area contributed by atoms with Gasteiger partial charge in [0.2, 0.25) is 0 Å². The zero-order chi connectivity index (χ0) is 21.8. The van der Waals surface area contributed by atoms with Crippen molar-refractivity contribution in [3.05, 3.63) is 34.9 Å². The van der Waals surface area contributed by atoms with Gasteiger partial charge in [0.05, 0.1) is 12.0 Å². The molecule has 0 radical (unpaired) electrons. The lowest BCUT2D eigenvalue weighted by molar-refractivity contribution is -0.200. The Hall–Kier alpha value is -1.03. The number of halogens is 3. The maximum Gasteiger partial charge on any atom is 0.391 e. The van der Waals surface area contributed by atoms with E-state index in [0.717, 1.165) is 25.8 Å². The Bertz CT molecular complexity index is 755. The number of rotatable bonds is 2. The Balaban J connectivity index is 1.65. The number of fused-ring (bicyclic) bond motifs is 3. The van der Waals surface area contributed by atoms with E-state index < -0.39 is 12.1 Å². The molecule has 30 heavy (non-hydrogen) atoms. The van der Waals surface area contributed by atoms with Crippen LogP contribution >= 0.6 is 0 Å². The third-order valence-electron chi connectivity index (χ3n) is 8.30. The largest absolute Gasteiger partial charge is 0.391 e. The molecule has 6 unspecified atom stereocenters. The number of allylic oxidation sites excluding steroid dienone is 4. The summed E-state index contributed by atoms with van der Waals surface area (Å²) in [5.74, 6) is 0.253. The molecule has 1 N–H and O–H groups in total. The number of nitrogens with one attached hydrogen (secondary N) is 1. The average molecular weight is 422 g/mol. The van der Waals surface area contributed by atoms with Crippen LogP contribution in [0.25, 0.3) is 0 Å². The van der Waals surface area contributed by atoms with Crippen LogP contribution in [0.4, 0.5) is 13.2 Å². The van der Waals surface area contributed by atoms with Crippen LogP contribution in [0.2, 0.25) is 0 Å². The van der Waals surface area contributed by atoms with E-state index in [-0.39, 0.29) is 23.3 Å². The molecule has 2 fully saturated rings. The normalized spacial score (nSPS) is 38.9. The number of hydrogen-bond acceptors (Lipinski definition) is 1. The van der Waals surface area contributed by atoms with E-state index in [1.165, 1.54) is 16.7 Å². The SMILES string of the molecule is CC1=CC(C)(C)CC(C2NCCC3C2=CCC2C(C(C)C)CC(C(F)(F)F)CC32)=C1. The van der Waals surface area contributed by atoms with Gasteiger partial charge in [-0.05, 0) is 91.7 Å². The van der Waals surface area contributed by atoms with E-state index >= 15 is 0 Å². The second kappa shape index (κ2) is 7.83. The van der Waals surface area contributed by atoms with Gasteiger partial charge >= 0.3 is 6.18 Å². The summed E-state index contributed by atoms with van der Waals surface area (Å²) in [6.45, 7) is 11.9. The molecule has 0 aromatic rings. The van der Waals surface area contributed by atoms with Gasteiger partial charge in [-0.25, -0.2) is 0 Å². The fraction of sp³-hybridized carbons (Fsp3) is 0.769. The lowest BCUT2D eigenvalue weighted by Gasteiger charge is -2.52. The van der Waals surface area contributed by atoms with Crippen molar-refractivity contribution in [2.45, 2.75) is 78.9 Å². The molecule has 1 saturated carbocycles. The Morgan fingerprint density at radius 3 is 2.50 bits per heavy atom. The fourth-order valence-corrected chi connectivity index (χ4v) is 7.26. The molecule has 3 aliphatic carbocycles. The van der Waals surface area contributed by atoms with Crippen LogP contribution in [-0.2, 0) is 0 Å². The predicted molar refractivity (Wildman–Crippen MR) is 117 cm³/mol. The van der Waals surface area contributed by atoms with Crippen molar-refractivity contribution in [2.75, 3.05) is 6.54 Å². The summed E-state index contributed by atoms with van der Waals surface area (Å²) in [6.07, 6.45) is 6.60. The van der Waals surface area contributed by atoms with E-state index in [9.17, 15) is 13.2 Å². The van der Waals surface area contributed by atoms with Crippen molar-refractivity contribution in [3.63, 3.8) is 0 Å².